The van der Waals surface area contributed by atoms with Gasteiger partial charge in [0.1, 0.15) is 10.4 Å². The van der Waals surface area contributed by atoms with Gasteiger partial charge in [-0.15, -0.1) is 0 Å². The minimum Gasteiger partial charge on any atom is -0.267 e. The summed E-state index contributed by atoms with van der Waals surface area (Å²) in [5.74, 6) is 0.918. The van der Waals surface area contributed by atoms with Crippen molar-refractivity contribution in [1.82, 2.24) is 4.98 Å². The van der Waals surface area contributed by atoms with Gasteiger partial charge < -0.3 is 0 Å². The minimum absolute atomic E-state index is 0.210. The summed E-state index contributed by atoms with van der Waals surface area (Å²) in [5.41, 5.74) is 0. The average Bonchev–Trinajstić information content (AvgIpc) is 2.86. The van der Waals surface area contributed by atoms with E-state index in [0.29, 0.717) is 16.3 Å². The lowest BCUT2D eigenvalue weighted by atomic mass is 10.5. The molecule has 1 heterocycles. The number of pyridine rings is 1. The molecule has 82 valence electrons. The van der Waals surface area contributed by atoms with Crippen molar-refractivity contribution in [3.63, 3.8) is 0 Å². The van der Waals surface area contributed by atoms with Crippen LogP contribution in [0, 0.1) is 5.92 Å². The van der Waals surface area contributed by atoms with Crippen LogP contribution in [0.15, 0.2) is 22.8 Å². The van der Waals surface area contributed by atoms with Crippen LogP contribution in [0.3, 0.4) is 0 Å². The van der Waals surface area contributed by atoms with E-state index in [1.54, 1.807) is 18.2 Å². The highest BCUT2D eigenvalue weighted by Gasteiger charge is 2.28. The van der Waals surface area contributed by atoms with E-state index < -0.39 is 10.0 Å². The first-order valence-electron chi connectivity index (χ1n) is 4.68. The molecule has 2 rings (SSSR count). The van der Waals surface area contributed by atoms with Crippen LogP contribution in [0.4, 0.5) is 5.82 Å². The zero-order valence-corrected chi connectivity index (χ0v) is 10.4. The van der Waals surface area contributed by atoms with E-state index >= 15 is 0 Å². The van der Waals surface area contributed by atoms with Crippen LogP contribution in [0.2, 0.25) is 0 Å². The Kier molecular flexibility index (Phi) is 2.97. The molecule has 0 aliphatic heterocycles. The molecule has 1 saturated carbocycles. The summed E-state index contributed by atoms with van der Waals surface area (Å²) in [6, 6.07) is 5.12. The molecule has 0 aromatic carbocycles. The molecule has 4 nitrogen and oxygen atoms in total. The van der Waals surface area contributed by atoms with Crippen molar-refractivity contribution in [2.45, 2.75) is 12.8 Å². The van der Waals surface area contributed by atoms with Crippen molar-refractivity contribution >= 4 is 31.8 Å². The lowest BCUT2D eigenvalue weighted by Crippen LogP contribution is -2.18. The summed E-state index contributed by atoms with van der Waals surface area (Å²) in [6.07, 6.45) is 2.04. The van der Waals surface area contributed by atoms with E-state index in [9.17, 15) is 8.42 Å². The van der Waals surface area contributed by atoms with Crippen molar-refractivity contribution in [3.8, 4) is 0 Å². The Hall–Kier alpha value is -0.620. The number of anilines is 1. The smallest absolute Gasteiger partial charge is 0.234 e. The second-order valence-corrected chi connectivity index (χ2v) is 6.25. The predicted octanol–water partition coefficient (Wildman–Crippen LogP) is 2.00. The molecule has 0 spiro atoms. The Balaban J connectivity index is 2.06. The van der Waals surface area contributed by atoms with Gasteiger partial charge in [0.15, 0.2) is 0 Å². The number of hydrogen-bond acceptors (Lipinski definition) is 3. The molecule has 1 fully saturated rings. The number of aromatic nitrogens is 1. The molecule has 0 radical (unpaired) electrons. The van der Waals surface area contributed by atoms with Crippen molar-refractivity contribution in [2.75, 3.05) is 10.5 Å². The summed E-state index contributed by atoms with van der Waals surface area (Å²) in [4.78, 5) is 4.01. The molecule has 1 aliphatic carbocycles. The zero-order valence-electron chi connectivity index (χ0n) is 7.98. The quantitative estimate of drug-likeness (QED) is 0.863. The maximum absolute atomic E-state index is 11.6. The standard InChI is InChI=1S/C9H11BrN2O2S/c10-8-2-1-3-9(11-8)12-15(13,14)6-7-4-5-7/h1-3,7H,4-6H2,(H,11,12). The van der Waals surface area contributed by atoms with Crippen LogP contribution in [0.1, 0.15) is 12.8 Å². The summed E-state index contributed by atoms with van der Waals surface area (Å²) in [6.45, 7) is 0. The van der Waals surface area contributed by atoms with E-state index in [4.69, 9.17) is 0 Å². The van der Waals surface area contributed by atoms with E-state index in [1.807, 2.05) is 0 Å². The predicted molar refractivity (Wildman–Crippen MR) is 62.1 cm³/mol. The molecular weight excluding hydrogens is 280 g/mol. The number of rotatable bonds is 4. The highest BCUT2D eigenvalue weighted by atomic mass is 79.9. The first kappa shape index (κ1) is 10.9. The van der Waals surface area contributed by atoms with Gasteiger partial charge in [-0.1, -0.05) is 6.07 Å². The summed E-state index contributed by atoms with van der Waals surface area (Å²) in [5, 5.41) is 0. The Morgan fingerprint density at radius 1 is 1.47 bits per heavy atom. The van der Waals surface area contributed by atoms with E-state index in [0.717, 1.165) is 12.8 Å². The fraction of sp³-hybridized carbons (Fsp3) is 0.444. The number of halogens is 1. The van der Waals surface area contributed by atoms with Crippen molar-refractivity contribution < 1.29 is 8.42 Å². The first-order valence-corrected chi connectivity index (χ1v) is 7.13. The van der Waals surface area contributed by atoms with Crippen molar-refractivity contribution in [2.24, 2.45) is 5.92 Å². The summed E-state index contributed by atoms with van der Waals surface area (Å²) >= 11 is 3.19. The Morgan fingerprint density at radius 2 is 2.20 bits per heavy atom. The van der Waals surface area contributed by atoms with Gasteiger partial charge in [0.2, 0.25) is 10.0 Å². The second kappa shape index (κ2) is 4.09. The second-order valence-electron chi connectivity index (χ2n) is 3.67. The monoisotopic (exact) mass is 290 g/mol. The first-order chi connectivity index (χ1) is 7.05. The molecule has 0 saturated heterocycles. The molecule has 6 heteroatoms. The maximum atomic E-state index is 11.6. The highest BCUT2D eigenvalue weighted by molar-refractivity contribution is 9.10. The average molecular weight is 291 g/mol. The van der Waals surface area contributed by atoms with Crippen LogP contribution >= 0.6 is 15.9 Å². The number of hydrogen-bond donors (Lipinski definition) is 1. The van der Waals surface area contributed by atoms with Crippen LogP contribution in [0.25, 0.3) is 0 Å². The van der Waals surface area contributed by atoms with Gasteiger partial charge in [0.25, 0.3) is 0 Å². The summed E-state index contributed by atoms with van der Waals surface area (Å²) in [7, 11) is -3.22. The lowest BCUT2D eigenvalue weighted by molar-refractivity contribution is 0.597. The van der Waals surface area contributed by atoms with Crippen molar-refractivity contribution in [1.29, 1.82) is 0 Å². The third-order valence-corrected chi connectivity index (χ3v) is 4.00. The molecule has 0 unspecified atom stereocenters. The largest absolute Gasteiger partial charge is 0.267 e. The van der Waals surface area contributed by atoms with Crippen LogP contribution in [-0.4, -0.2) is 19.2 Å². The molecule has 1 N–H and O–H groups in total. The molecule has 0 amide bonds. The van der Waals surface area contributed by atoms with Crippen molar-refractivity contribution in [3.05, 3.63) is 22.8 Å². The van der Waals surface area contributed by atoms with Gasteiger partial charge in [0, 0.05) is 0 Å². The topological polar surface area (TPSA) is 59.1 Å². The minimum atomic E-state index is -3.22. The summed E-state index contributed by atoms with van der Waals surface area (Å²) < 4.78 is 26.3. The molecule has 0 atom stereocenters. The normalized spacial score (nSPS) is 16.3. The van der Waals surface area contributed by atoms with Crippen LogP contribution in [-0.2, 0) is 10.0 Å². The van der Waals surface area contributed by atoms with Gasteiger partial charge >= 0.3 is 0 Å². The Bertz CT molecular complexity index is 457. The van der Waals surface area contributed by atoms with Gasteiger partial charge in [-0.05, 0) is 46.8 Å². The lowest BCUT2D eigenvalue weighted by Gasteiger charge is -2.06. The van der Waals surface area contributed by atoms with Gasteiger partial charge in [-0.25, -0.2) is 13.4 Å². The Morgan fingerprint density at radius 3 is 2.80 bits per heavy atom. The molecule has 1 aromatic heterocycles. The fourth-order valence-electron chi connectivity index (χ4n) is 1.26. The number of sulfonamides is 1. The maximum Gasteiger partial charge on any atom is 0.234 e. The van der Waals surface area contributed by atoms with Crippen LogP contribution in [0.5, 0.6) is 0 Å². The third kappa shape index (κ3) is 3.46. The SMILES string of the molecule is O=S(=O)(CC1CC1)Nc1cccc(Br)n1. The number of nitrogens with one attached hydrogen (secondary N) is 1. The van der Waals surface area contributed by atoms with Gasteiger partial charge in [-0.3, -0.25) is 4.72 Å². The highest BCUT2D eigenvalue weighted by Crippen LogP contribution is 2.30. The molecule has 15 heavy (non-hydrogen) atoms. The zero-order chi connectivity index (χ0) is 10.9. The molecular formula is C9H11BrN2O2S. The van der Waals surface area contributed by atoms with E-state index in [1.165, 1.54) is 0 Å². The van der Waals surface area contributed by atoms with E-state index in [-0.39, 0.29) is 5.75 Å². The van der Waals surface area contributed by atoms with Gasteiger partial charge in [0.05, 0.1) is 5.75 Å². The van der Waals surface area contributed by atoms with Crippen LogP contribution < -0.4 is 4.72 Å². The molecule has 1 aliphatic rings. The fourth-order valence-corrected chi connectivity index (χ4v) is 3.07. The Labute approximate surface area is 97.3 Å². The molecule has 0 bridgehead atoms. The van der Waals surface area contributed by atoms with E-state index in [2.05, 4.69) is 25.6 Å². The number of nitrogens with zero attached hydrogens (tertiary/aromatic N) is 1. The molecule has 1 aromatic rings. The third-order valence-electron chi connectivity index (χ3n) is 2.13. The van der Waals surface area contributed by atoms with Gasteiger partial charge in [-0.2, -0.15) is 0 Å².